The molecule has 0 spiro atoms. The maximum absolute atomic E-state index is 12.3. The molecule has 2 aliphatic heterocycles. The Labute approximate surface area is 333 Å². The van der Waals surface area contributed by atoms with E-state index in [1.807, 2.05) is 20.8 Å². The van der Waals surface area contributed by atoms with E-state index in [0.29, 0.717) is 32.1 Å². The Morgan fingerprint density at radius 3 is 2.14 bits per heavy atom. The molecule has 0 aromatic heterocycles. The number of aliphatic hydroxyl groups excluding tert-OH is 8. The zero-order chi connectivity index (χ0) is 41.5. The lowest BCUT2D eigenvalue weighted by molar-refractivity contribution is -0.382. The van der Waals surface area contributed by atoms with Gasteiger partial charge in [0.15, 0.2) is 12.6 Å². The second kappa shape index (κ2) is 15.9. The van der Waals surface area contributed by atoms with Crippen LogP contribution in [0.25, 0.3) is 0 Å². The third-order valence-electron chi connectivity index (χ3n) is 16.7. The summed E-state index contributed by atoms with van der Waals surface area (Å²) in [6.45, 7) is 17.9. The van der Waals surface area contributed by atoms with E-state index >= 15 is 0 Å². The molecule has 0 amide bonds. The second-order valence-electron chi connectivity index (χ2n) is 20.6. The molecule has 0 bridgehead atoms. The van der Waals surface area contributed by atoms with Crippen LogP contribution in [0.5, 0.6) is 0 Å². The van der Waals surface area contributed by atoms with E-state index in [1.165, 1.54) is 12.5 Å². The predicted molar refractivity (Wildman–Crippen MR) is 206 cm³/mol. The Hall–Kier alpha value is -0.780. The minimum absolute atomic E-state index is 0.0429. The maximum Gasteiger partial charge on any atom is 0.187 e. The molecule has 21 unspecified atom stereocenters. The van der Waals surface area contributed by atoms with Crippen LogP contribution < -0.4 is 0 Å². The van der Waals surface area contributed by atoms with Crippen molar-refractivity contribution in [3.8, 4) is 0 Å². The molecule has 21 atom stereocenters. The van der Waals surface area contributed by atoms with Crippen molar-refractivity contribution in [3.63, 3.8) is 0 Å². The molecule has 0 aromatic carbocycles. The normalized spacial score (nSPS) is 52.6. The summed E-state index contributed by atoms with van der Waals surface area (Å²) in [6, 6.07) is 0. The lowest BCUT2D eigenvalue weighted by atomic mass is 9.34. The molecule has 2 saturated heterocycles. The zero-order valence-electron chi connectivity index (χ0n) is 35.1. The van der Waals surface area contributed by atoms with Crippen LogP contribution in [-0.4, -0.2) is 138 Å². The van der Waals surface area contributed by atoms with Gasteiger partial charge in [-0.25, -0.2) is 0 Å². The first-order valence-corrected chi connectivity index (χ1v) is 21.3. The number of rotatable bonds is 10. The average molecular weight is 799 g/mol. The molecule has 4 saturated carbocycles. The fourth-order valence-electron chi connectivity index (χ4n) is 13.5. The Kier molecular flexibility index (Phi) is 12.7. The van der Waals surface area contributed by atoms with Crippen LogP contribution >= 0.6 is 0 Å². The number of ether oxygens (including phenoxy) is 4. The minimum Gasteiger partial charge on any atom is -0.394 e. The molecule has 324 valence electrons. The summed E-state index contributed by atoms with van der Waals surface area (Å²) >= 11 is 0. The molecule has 0 aromatic rings. The molecular formula is C43H74O13. The van der Waals surface area contributed by atoms with Gasteiger partial charge in [-0.05, 0) is 131 Å². The molecule has 4 aliphatic carbocycles. The van der Waals surface area contributed by atoms with E-state index in [4.69, 9.17) is 18.9 Å². The Bertz CT molecular complexity index is 1400. The van der Waals surface area contributed by atoms with Crippen molar-refractivity contribution >= 4 is 0 Å². The lowest BCUT2D eigenvalue weighted by Crippen LogP contribution is -2.71. The van der Waals surface area contributed by atoms with Gasteiger partial charge in [0, 0.05) is 0 Å². The van der Waals surface area contributed by atoms with E-state index in [9.17, 15) is 46.0 Å². The first-order valence-electron chi connectivity index (χ1n) is 21.3. The van der Waals surface area contributed by atoms with Gasteiger partial charge in [0.2, 0.25) is 0 Å². The third-order valence-corrected chi connectivity index (χ3v) is 16.7. The van der Waals surface area contributed by atoms with Gasteiger partial charge in [-0.1, -0.05) is 46.3 Å². The summed E-state index contributed by atoms with van der Waals surface area (Å²) in [7, 11) is 0. The zero-order valence-corrected chi connectivity index (χ0v) is 35.1. The van der Waals surface area contributed by atoms with Crippen LogP contribution in [0.3, 0.4) is 0 Å². The quantitative estimate of drug-likeness (QED) is 0.0883. The van der Waals surface area contributed by atoms with E-state index in [2.05, 4.69) is 40.7 Å². The number of unbranched alkanes of at least 4 members (excludes halogenated alkanes) is 1. The molecule has 9 N–H and O–H groups in total. The van der Waals surface area contributed by atoms with Crippen molar-refractivity contribution in [1.82, 2.24) is 0 Å². The van der Waals surface area contributed by atoms with Crippen molar-refractivity contribution in [3.05, 3.63) is 11.6 Å². The predicted octanol–water partition coefficient (Wildman–Crippen LogP) is 2.54. The summed E-state index contributed by atoms with van der Waals surface area (Å²) < 4.78 is 25.2. The van der Waals surface area contributed by atoms with Crippen LogP contribution in [0.2, 0.25) is 0 Å². The topological polar surface area (TPSA) is 219 Å². The Morgan fingerprint density at radius 1 is 0.821 bits per heavy atom. The van der Waals surface area contributed by atoms with Gasteiger partial charge < -0.3 is 64.9 Å². The minimum atomic E-state index is -1.70. The van der Waals surface area contributed by atoms with Crippen molar-refractivity contribution in [2.75, 3.05) is 6.61 Å². The van der Waals surface area contributed by atoms with Crippen LogP contribution in [0.4, 0.5) is 0 Å². The SMILES string of the molecule is CC(C)=CCCCC(C)(O)C1CCC2(C)C1C(O)CC1C3(C)CCC(O)C(C)(C)C3C(OC3OC(CO)C(O)C(O)C3OC3OC(C)C(O)C(O)C3O)CC12C. The van der Waals surface area contributed by atoms with E-state index < -0.39 is 114 Å². The molecule has 2 heterocycles. The lowest BCUT2D eigenvalue weighted by Gasteiger charge is -2.72. The summed E-state index contributed by atoms with van der Waals surface area (Å²) in [5, 5.41) is 101. The fourth-order valence-corrected chi connectivity index (χ4v) is 13.5. The Balaban J connectivity index is 1.37. The van der Waals surface area contributed by atoms with Crippen LogP contribution in [0.1, 0.15) is 120 Å². The summed E-state index contributed by atoms with van der Waals surface area (Å²) in [6.07, 6.45) is -7.88. The van der Waals surface area contributed by atoms with E-state index in [1.54, 1.807) is 0 Å². The monoisotopic (exact) mass is 799 g/mol. The fraction of sp³-hybridized carbons (Fsp3) is 0.953. The third kappa shape index (κ3) is 7.28. The first kappa shape index (κ1) is 44.8. The molecule has 13 nitrogen and oxygen atoms in total. The van der Waals surface area contributed by atoms with E-state index in [-0.39, 0.29) is 23.7 Å². The molecule has 6 aliphatic rings. The standard InChI is InChI=1S/C43H74O13/c1-21(2)12-10-11-15-43(9,52)23-13-17-41(7)29(23)24(45)18-27-40(6)16-14-28(46)39(4,5)36(40)25(19-42(27,41)8)54-38-35(33(50)31(48)26(20-44)55-38)56-37-34(51)32(49)30(47)22(3)53-37/h12,22-38,44-52H,10-11,13-20H2,1-9H3. The molecule has 0 radical (unpaired) electrons. The molecule has 6 rings (SSSR count). The summed E-state index contributed by atoms with van der Waals surface area (Å²) in [5.41, 5.74) is -1.64. The van der Waals surface area contributed by atoms with E-state index in [0.717, 1.165) is 25.7 Å². The van der Waals surface area contributed by atoms with Crippen LogP contribution in [0, 0.1) is 45.3 Å². The van der Waals surface area contributed by atoms with Crippen molar-refractivity contribution in [1.29, 1.82) is 0 Å². The maximum atomic E-state index is 12.3. The Morgan fingerprint density at radius 2 is 1.50 bits per heavy atom. The number of fused-ring (bicyclic) bond motifs is 5. The highest BCUT2D eigenvalue weighted by atomic mass is 16.8. The molecule has 6 fully saturated rings. The average Bonchev–Trinajstić information content (AvgIpc) is 3.51. The second-order valence-corrected chi connectivity index (χ2v) is 20.6. The van der Waals surface area contributed by atoms with Gasteiger partial charge in [0.05, 0.1) is 36.6 Å². The highest BCUT2D eigenvalue weighted by Gasteiger charge is 2.73. The van der Waals surface area contributed by atoms with Crippen molar-refractivity contribution < 1.29 is 64.9 Å². The van der Waals surface area contributed by atoms with Gasteiger partial charge >= 0.3 is 0 Å². The number of hydrogen-bond donors (Lipinski definition) is 9. The molecule has 13 heteroatoms. The molecule has 56 heavy (non-hydrogen) atoms. The van der Waals surface area contributed by atoms with Crippen molar-refractivity contribution in [2.45, 2.75) is 205 Å². The van der Waals surface area contributed by atoms with Gasteiger partial charge in [-0.2, -0.15) is 0 Å². The number of aliphatic hydroxyl groups is 9. The number of allylic oxidation sites excluding steroid dienone is 2. The van der Waals surface area contributed by atoms with Gasteiger partial charge in [-0.15, -0.1) is 0 Å². The smallest absolute Gasteiger partial charge is 0.187 e. The number of hydrogen-bond acceptors (Lipinski definition) is 13. The van der Waals surface area contributed by atoms with Gasteiger partial charge in [0.1, 0.15) is 42.7 Å². The van der Waals surface area contributed by atoms with Gasteiger partial charge in [0.25, 0.3) is 0 Å². The first-order chi connectivity index (χ1) is 26.0. The molecular weight excluding hydrogens is 724 g/mol. The summed E-state index contributed by atoms with van der Waals surface area (Å²) in [4.78, 5) is 0. The highest BCUT2D eigenvalue weighted by Crippen LogP contribution is 2.76. The highest BCUT2D eigenvalue weighted by molar-refractivity contribution is 5.22. The van der Waals surface area contributed by atoms with Crippen LogP contribution in [-0.2, 0) is 18.9 Å². The van der Waals surface area contributed by atoms with Crippen LogP contribution in [0.15, 0.2) is 11.6 Å². The summed E-state index contributed by atoms with van der Waals surface area (Å²) in [5.74, 6) is -0.507. The van der Waals surface area contributed by atoms with Crippen molar-refractivity contribution in [2.24, 2.45) is 45.3 Å². The largest absolute Gasteiger partial charge is 0.394 e. The van der Waals surface area contributed by atoms with Gasteiger partial charge in [-0.3, -0.25) is 0 Å².